The van der Waals surface area contributed by atoms with E-state index in [1.165, 1.54) is 16.9 Å². The van der Waals surface area contributed by atoms with Gasteiger partial charge < -0.3 is 15.3 Å². The number of benzene rings is 2. The molecule has 0 radical (unpaired) electrons. The number of carbonyl (C=O) groups is 3. The smallest absolute Gasteiger partial charge is 0.308 e. The van der Waals surface area contributed by atoms with Gasteiger partial charge in [0.05, 0.1) is 10.8 Å². The zero-order valence-electron chi connectivity index (χ0n) is 27.3. The van der Waals surface area contributed by atoms with Gasteiger partial charge in [-0.05, 0) is 46.1 Å². The molecule has 0 bridgehead atoms. The van der Waals surface area contributed by atoms with E-state index in [1.54, 1.807) is 11.0 Å². The number of hydrogen-bond acceptors (Lipinski definition) is 6. The number of thiophene rings is 1. The van der Waals surface area contributed by atoms with Gasteiger partial charge in [0.1, 0.15) is 6.04 Å². The van der Waals surface area contributed by atoms with Crippen LogP contribution in [0, 0.1) is 5.92 Å². The first-order valence-electron chi connectivity index (χ1n) is 15.6. The summed E-state index contributed by atoms with van der Waals surface area (Å²) in [6, 6.07) is 19.0. The third-order valence-corrected chi connectivity index (χ3v) is 9.92. The van der Waals surface area contributed by atoms with Gasteiger partial charge >= 0.3 is 5.97 Å². The summed E-state index contributed by atoms with van der Waals surface area (Å²) in [5.74, 6) is -1.50. The second-order valence-electron chi connectivity index (χ2n) is 14.1. The molecule has 2 aromatic heterocycles. The highest BCUT2D eigenvalue weighted by atomic mass is 32.1. The molecule has 5 rings (SSSR count). The van der Waals surface area contributed by atoms with Crippen molar-refractivity contribution < 1.29 is 19.5 Å². The number of nitrogens with zero attached hydrogens (tertiary/aromatic N) is 3. The number of carboxylic acids is 1. The van der Waals surface area contributed by atoms with Crippen LogP contribution in [0.4, 0.5) is 0 Å². The topological polar surface area (TPSA) is 112 Å². The van der Waals surface area contributed by atoms with Crippen molar-refractivity contribution in [1.82, 2.24) is 20.2 Å². The molecule has 9 heteroatoms. The molecule has 2 unspecified atom stereocenters. The largest absolute Gasteiger partial charge is 0.481 e. The summed E-state index contributed by atoms with van der Waals surface area (Å²) in [6.45, 7) is 13.3. The molecule has 2 amide bonds. The molecule has 4 aromatic rings. The van der Waals surface area contributed by atoms with Crippen molar-refractivity contribution in [3.05, 3.63) is 93.9 Å². The van der Waals surface area contributed by atoms with Crippen LogP contribution in [-0.2, 0) is 26.8 Å². The van der Waals surface area contributed by atoms with Gasteiger partial charge in [0.15, 0.2) is 5.82 Å². The number of nitrogens with one attached hydrogen (secondary N) is 1. The van der Waals surface area contributed by atoms with Gasteiger partial charge in [-0.25, -0.2) is 9.97 Å². The van der Waals surface area contributed by atoms with Gasteiger partial charge in [-0.1, -0.05) is 90.1 Å². The molecule has 1 fully saturated rings. The molecule has 2 aromatic carbocycles. The molecule has 3 heterocycles. The van der Waals surface area contributed by atoms with Crippen LogP contribution in [0.1, 0.15) is 73.6 Å². The lowest BCUT2D eigenvalue weighted by Crippen LogP contribution is -2.49. The Balaban J connectivity index is 1.31. The number of aliphatic carboxylic acids is 1. The predicted molar refractivity (Wildman–Crippen MR) is 182 cm³/mol. The fourth-order valence-corrected chi connectivity index (χ4v) is 6.46. The Morgan fingerprint density at radius 2 is 1.50 bits per heavy atom. The van der Waals surface area contributed by atoms with Crippen molar-refractivity contribution >= 4 is 29.1 Å². The first-order valence-corrected chi connectivity index (χ1v) is 16.5. The summed E-state index contributed by atoms with van der Waals surface area (Å²) in [4.78, 5) is 50.9. The second-order valence-corrected chi connectivity index (χ2v) is 15.2. The van der Waals surface area contributed by atoms with Crippen LogP contribution in [0.3, 0.4) is 0 Å². The molecular weight excluding hydrogens is 596 g/mol. The van der Waals surface area contributed by atoms with Crippen molar-refractivity contribution in [3.63, 3.8) is 0 Å². The number of carbonyl (C=O) groups excluding carboxylic acids is 2. The Hall–Kier alpha value is -4.37. The van der Waals surface area contributed by atoms with E-state index in [-0.39, 0.29) is 35.6 Å². The Kier molecular flexibility index (Phi) is 9.44. The van der Waals surface area contributed by atoms with Crippen molar-refractivity contribution in [2.75, 3.05) is 13.1 Å². The molecule has 1 aliphatic heterocycles. The van der Waals surface area contributed by atoms with Gasteiger partial charge in [-0.2, -0.15) is 0 Å². The van der Waals surface area contributed by atoms with E-state index < -0.39 is 17.9 Å². The van der Waals surface area contributed by atoms with Crippen molar-refractivity contribution in [3.8, 4) is 22.5 Å². The first-order chi connectivity index (χ1) is 21.7. The maximum absolute atomic E-state index is 13.7. The Morgan fingerprint density at radius 1 is 0.870 bits per heavy atom. The minimum atomic E-state index is -0.909. The van der Waals surface area contributed by atoms with Gasteiger partial charge in [0, 0.05) is 47.9 Å². The van der Waals surface area contributed by atoms with Crippen molar-refractivity contribution in [2.24, 2.45) is 5.92 Å². The summed E-state index contributed by atoms with van der Waals surface area (Å²) in [5, 5.41) is 12.4. The monoisotopic (exact) mass is 638 g/mol. The van der Waals surface area contributed by atoms with Crippen molar-refractivity contribution in [1.29, 1.82) is 0 Å². The van der Waals surface area contributed by atoms with E-state index in [9.17, 15) is 19.5 Å². The third kappa shape index (κ3) is 7.70. The highest BCUT2D eigenvalue weighted by Gasteiger charge is 2.35. The number of rotatable bonds is 8. The molecule has 0 saturated carbocycles. The summed E-state index contributed by atoms with van der Waals surface area (Å²) >= 11 is 1.42. The van der Waals surface area contributed by atoms with Crippen LogP contribution in [0.5, 0.6) is 0 Å². The summed E-state index contributed by atoms with van der Waals surface area (Å²) < 4.78 is 0. The van der Waals surface area contributed by atoms with E-state index in [4.69, 9.17) is 0 Å². The highest BCUT2D eigenvalue weighted by Crippen LogP contribution is 2.30. The maximum atomic E-state index is 13.7. The van der Waals surface area contributed by atoms with Crippen LogP contribution in [-0.4, -0.2) is 56.9 Å². The Labute approximate surface area is 274 Å². The average molecular weight is 639 g/mol. The maximum Gasteiger partial charge on any atom is 0.308 e. The number of hydrogen-bond donors (Lipinski definition) is 2. The predicted octanol–water partition coefficient (Wildman–Crippen LogP) is 6.74. The summed E-state index contributed by atoms with van der Waals surface area (Å²) in [6.07, 6.45) is 4.31. The van der Waals surface area contributed by atoms with Crippen molar-refractivity contribution in [2.45, 2.75) is 71.3 Å². The fraction of sp³-hybridized carbons (Fsp3) is 0.378. The zero-order valence-corrected chi connectivity index (χ0v) is 28.1. The lowest BCUT2D eigenvalue weighted by Gasteiger charge is -2.24. The standard InChI is InChI=1S/C37H42N4O4S/c1-36(2,3)28-13-11-24(12-14-28)27-20-38-32(39-21-27)25-9-7-23(8-10-25)19-29(34(43)41-18-17-26(22-41)35(44)45)40-33(42)30-15-16-31(46-30)37(4,5)6/h7-16,20-21,26,29H,17-19,22H2,1-6H3,(H,40,42)(H,44,45). The third-order valence-electron chi connectivity index (χ3n) is 8.41. The quantitative estimate of drug-likeness (QED) is 0.221. The van der Waals surface area contributed by atoms with Crippen LogP contribution >= 0.6 is 11.3 Å². The molecule has 240 valence electrons. The fourth-order valence-electron chi connectivity index (χ4n) is 5.49. The molecule has 2 atom stereocenters. The SMILES string of the molecule is CC(C)(C)c1ccc(-c2cnc(-c3ccc(CC(NC(=O)c4ccc(C(C)(C)C)s4)C(=O)N4CCC(C(=O)O)C4)cc3)nc2)cc1. The van der Waals surface area contributed by atoms with E-state index in [2.05, 4.69) is 81.1 Å². The molecular formula is C37H42N4O4S. The van der Waals surface area contributed by atoms with Gasteiger partial charge in [-0.3, -0.25) is 14.4 Å². The molecule has 1 aliphatic rings. The van der Waals surface area contributed by atoms with E-state index in [1.807, 2.05) is 42.7 Å². The molecule has 0 aliphatic carbocycles. The highest BCUT2D eigenvalue weighted by molar-refractivity contribution is 7.14. The zero-order chi connectivity index (χ0) is 33.2. The molecule has 2 N–H and O–H groups in total. The minimum absolute atomic E-state index is 0.0851. The minimum Gasteiger partial charge on any atom is -0.481 e. The van der Waals surface area contributed by atoms with Crippen LogP contribution in [0.15, 0.2) is 73.1 Å². The summed E-state index contributed by atoms with van der Waals surface area (Å²) in [5.41, 5.74) is 4.94. The van der Waals surface area contributed by atoms with Gasteiger partial charge in [0.2, 0.25) is 5.91 Å². The molecule has 1 saturated heterocycles. The van der Waals surface area contributed by atoms with E-state index in [0.29, 0.717) is 23.7 Å². The lowest BCUT2D eigenvalue weighted by atomic mass is 9.86. The average Bonchev–Trinajstić information content (AvgIpc) is 3.72. The summed E-state index contributed by atoms with van der Waals surface area (Å²) in [7, 11) is 0. The molecule has 46 heavy (non-hydrogen) atoms. The normalized spacial score (nSPS) is 15.9. The molecule has 8 nitrogen and oxygen atoms in total. The number of likely N-dealkylation sites (tertiary alicyclic amines) is 1. The number of amides is 2. The van der Waals surface area contributed by atoms with Crippen LogP contribution < -0.4 is 5.32 Å². The number of carboxylic acid groups (broad SMARTS) is 1. The van der Waals surface area contributed by atoms with Gasteiger partial charge in [0.25, 0.3) is 5.91 Å². The van der Waals surface area contributed by atoms with E-state index in [0.717, 1.165) is 27.1 Å². The Bertz CT molecular complexity index is 1700. The molecule has 0 spiro atoms. The second kappa shape index (κ2) is 13.2. The Morgan fingerprint density at radius 3 is 2.04 bits per heavy atom. The lowest BCUT2D eigenvalue weighted by molar-refractivity contribution is -0.141. The first kappa shape index (κ1) is 33.0. The van der Waals surface area contributed by atoms with Gasteiger partial charge in [-0.15, -0.1) is 11.3 Å². The number of aromatic nitrogens is 2. The van der Waals surface area contributed by atoms with Crippen LogP contribution in [0.25, 0.3) is 22.5 Å². The van der Waals surface area contributed by atoms with Crippen LogP contribution in [0.2, 0.25) is 0 Å². The van der Waals surface area contributed by atoms with E-state index >= 15 is 0 Å².